The van der Waals surface area contributed by atoms with Crippen LogP contribution in [0.1, 0.15) is 25.8 Å². The highest BCUT2D eigenvalue weighted by atomic mass is 16.3. The monoisotopic (exact) mass is 217 g/mol. The van der Waals surface area contributed by atoms with Crippen molar-refractivity contribution in [2.45, 2.75) is 39.3 Å². The van der Waals surface area contributed by atoms with Crippen molar-refractivity contribution >= 4 is 10.9 Å². The summed E-state index contributed by atoms with van der Waals surface area (Å²) >= 11 is 0. The summed E-state index contributed by atoms with van der Waals surface area (Å²) in [5.41, 5.74) is 2.52. The highest BCUT2D eigenvalue weighted by molar-refractivity contribution is 5.83. The largest absolute Gasteiger partial charge is 0.393 e. The summed E-state index contributed by atoms with van der Waals surface area (Å²) in [7, 11) is 0. The Morgan fingerprint density at radius 3 is 2.81 bits per heavy atom. The SMILES string of the molecule is CCCn1ccc2cccc(CC(C)O)c21. The molecule has 2 nitrogen and oxygen atoms in total. The van der Waals surface area contributed by atoms with Crippen LogP contribution in [0.25, 0.3) is 10.9 Å². The summed E-state index contributed by atoms with van der Waals surface area (Å²) in [4.78, 5) is 0. The van der Waals surface area contributed by atoms with Crippen LogP contribution >= 0.6 is 0 Å². The first-order valence-corrected chi connectivity index (χ1v) is 5.97. The molecule has 0 bridgehead atoms. The van der Waals surface area contributed by atoms with Crippen LogP contribution in [0.4, 0.5) is 0 Å². The first kappa shape index (κ1) is 11.2. The van der Waals surface area contributed by atoms with Crippen molar-refractivity contribution in [3.05, 3.63) is 36.0 Å². The van der Waals surface area contributed by atoms with Gasteiger partial charge in [0.25, 0.3) is 0 Å². The van der Waals surface area contributed by atoms with Gasteiger partial charge in [0.15, 0.2) is 0 Å². The van der Waals surface area contributed by atoms with E-state index in [2.05, 4.69) is 42.0 Å². The van der Waals surface area contributed by atoms with Crippen molar-refractivity contribution in [1.82, 2.24) is 4.57 Å². The molecule has 2 heteroatoms. The summed E-state index contributed by atoms with van der Waals surface area (Å²) in [6.45, 7) is 5.06. The summed E-state index contributed by atoms with van der Waals surface area (Å²) < 4.78 is 2.28. The zero-order valence-corrected chi connectivity index (χ0v) is 9.98. The third-order valence-corrected chi connectivity index (χ3v) is 2.85. The normalized spacial score (nSPS) is 13.2. The maximum atomic E-state index is 9.51. The van der Waals surface area contributed by atoms with E-state index in [4.69, 9.17) is 0 Å². The summed E-state index contributed by atoms with van der Waals surface area (Å²) in [5, 5.41) is 10.8. The van der Waals surface area contributed by atoms with E-state index >= 15 is 0 Å². The van der Waals surface area contributed by atoms with E-state index < -0.39 is 0 Å². The van der Waals surface area contributed by atoms with Gasteiger partial charge in [-0.25, -0.2) is 0 Å². The fourth-order valence-corrected chi connectivity index (χ4v) is 2.25. The number of para-hydroxylation sites is 1. The molecule has 0 saturated carbocycles. The Morgan fingerprint density at radius 1 is 1.31 bits per heavy atom. The molecule has 86 valence electrons. The lowest BCUT2D eigenvalue weighted by Gasteiger charge is -2.10. The van der Waals surface area contributed by atoms with Crippen molar-refractivity contribution in [1.29, 1.82) is 0 Å². The van der Waals surface area contributed by atoms with Crippen LogP contribution < -0.4 is 0 Å². The Labute approximate surface area is 96.5 Å². The van der Waals surface area contributed by atoms with Gasteiger partial charge in [-0.05, 0) is 30.4 Å². The van der Waals surface area contributed by atoms with E-state index in [0.717, 1.165) is 19.4 Å². The second-order valence-electron chi connectivity index (χ2n) is 4.42. The lowest BCUT2D eigenvalue weighted by molar-refractivity contribution is 0.196. The molecule has 16 heavy (non-hydrogen) atoms. The van der Waals surface area contributed by atoms with Gasteiger partial charge >= 0.3 is 0 Å². The molecule has 2 aromatic rings. The molecular weight excluding hydrogens is 198 g/mol. The Hall–Kier alpha value is -1.28. The molecule has 1 aromatic carbocycles. The van der Waals surface area contributed by atoms with Gasteiger partial charge in [0.1, 0.15) is 0 Å². The fraction of sp³-hybridized carbons (Fsp3) is 0.429. The third-order valence-electron chi connectivity index (χ3n) is 2.85. The zero-order chi connectivity index (χ0) is 11.5. The summed E-state index contributed by atoms with van der Waals surface area (Å²) in [5.74, 6) is 0. The summed E-state index contributed by atoms with van der Waals surface area (Å²) in [6.07, 6.45) is 3.72. The molecule has 0 radical (unpaired) electrons. The predicted octanol–water partition coefficient (Wildman–Crippen LogP) is 2.97. The second kappa shape index (κ2) is 4.71. The maximum Gasteiger partial charge on any atom is 0.0553 e. The highest BCUT2D eigenvalue weighted by Crippen LogP contribution is 2.21. The van der Waals surface area contributed by atoms with Crippen molar-refractivity contribution < 1.29 is 5.11 Å². The lowest BCUT2D eigenvalue weighted by Crippen LogP contribution is -2.06. The van der Waals surface area contributed by atoms with Crippen LogP contribution in [0.2, 0.25) is 0 Å². The Morgan fingerprint density at radius 2 is 2.12 bits per heavy atom. The molecule has 2 rings (SSSR count). The van der Waals surface area contributed by atoms with Crippen molar-refractivity contribution in [2.24, 2.45) is 0 Å². The first-order valence-electron chi connectivity index (χ1n) is 5.97. The van der Waals surface area contributed by atoms with Crippen LogP contribution in [-0.2, 0) is 13.0 Å². The molecule has 0 amide bonds. The number of rotatable bonds is 4. The fourth-order valence-electron chi connectivity index (χ4n) is 2.25. The van der Waals surface area contributed by atoms with Gasteiger partial charge in [-0.15, -0.1) is 0 Å². The molecule has 0 saturated heterocycles. The van der Waals surface area contributed by atoms with Crippen LogP contribution in [-0.4, -0.2) is 15.8 Å². The molecule has 0 spiro atoms. The topological polar surface area (TPSA) is 25.2 Å². The van der Waals surface area contributed by atoms with Crippen LogP contribution in [0.5, 0.6) is 0 Å². The number of aliphatic hydroxyl groups excluding tert-OH is 1. The van der Waals surface area contributed by atoms with Gasteiger partial charge in [0, 0.05) is 19.2 Å². The van der Waals surface area contributed by atoms with E-state index in [0.29, 0.717) is 0 Å². The zero-order valence-electron chi connectivity index (χ0n) is 9.98. The predicted molar refractivity (Wildman–Crippen MR) is 67.6 cm³/mol. The number of benzene rings is 1. The molecule has 1 N–H and O–H groups in total. The van der Waals surface area contributed by atoms with Gasteiger partial charge in [0.2, 0.25) is 0 Å². The molecule has 1 aromatic heterocycles. The average Bonchev–Trinajstić information content (AvgIpc) is 2.62. The number of aryl methyl sites for hydroxylation is 1. The second-order valence-corrected chi connectivity index (χ2v) is 4.42. The molecule has 0 aliphatic rings. The molecule has 0 aliphatic heterocycles. The van der Waals surface area contributed by atoms with E-state index in [1.54, 1.807) is 0 Å². The minimum Gasteiger partial charge on any atom is -0.393 e. The highest BCUT2D eigenvalue weighted by Gasteiger charge is 2.07. The Bertz CT molecular complexity index is 471. The average molecular weight is 217 g/mol. The number of hydrogen-bond donors (Lipinski definition) is 1. The van der Waals surface area contributed by atoms with Gasteiger partial charge < -0.3 is 9.67 Å². The number of aromatic nitrogens is 1. The smallest absolute Gasteiger partial charge is 0.0553 e. The first-order chi connectivity index (χ1) is 7.72. The van der Waals surface area contributed by atoms with Gasteiger partial charge in [-0.3, -0.25) is 0 Å². The molecule has 1 unspecified atom stereocenters. The standard InChI is InChI=1S/C14H19NO/c1-3-8-15-9-7-12-5-4-6-13(14(12)15)10-11(2)16/h4-7,9,11,16H,3,8,10H2,1-2H3. The number of fused-ring (bicyclic) bond motifs is 1. The number of nitrogens with zero attached hydrogens (tertiary/aromatic N) is 1. The molecule has 0 aliphatic carbocycles. The lowest BCUT2D eigenvalue weighted by atomic mass is 10.1. The molecular formula is C14H19NO. The van der Waals surface area contributed by atoms with E-state index in [1.807, 2.05) is 6.92 Å². The van der Waals surface area contributed by atoms with Crippen LogP contribution in [0, 0.1) is 0 Å². The maximum absolute atomic E-state index is 9.51. The van der Waals surface area contributed by atoms with Gasteiger partial charge in [-0.2, -0.15) is 0 Å². The Kier molecular flexibility index (Phi) is 3.30. The van der Waals surface area contributed by atoms with E-state index in [-0.39, 0.29) is 6.10 Å². The van der Waals surface area contributed by atoms with Crippen molar-refractivity contribution in [2.75, 3.05) is 0 Å². The van der Waals surface area contributed by atoms with Gasteiger partial charge in [-0.1, -0.05) is 25.1 Å². The molecule has 1 atom stereocenters. The number of hydrogen-bond acceptors (Lipinski definition) is 1. The minimum absolute atomic E-state index is 0.282. The summed E-state index contributed by atoms with van der Waals surface area (Å²) in [6, 6.07) is 8.46. The van der Waals surface area contributed by atoms with Crippen molar-refractivity contribution in [3.8, 4) is 0 Å². The third kappa shape index (κ3) is 2.12. The van der Waals surface area contributed by atoms with E-state index in [9.17, 15) is 5.11 Å². The molecule has 0 fully saturated rings. The Balaban J connectivity index is 2.50. The van der Waals surface area contributed by atoms with Crippen molar-refractivity contribution in [3.63, 3.8) is 0 Å². The molecule has 1 heterocycles. The quantitative estimate of drug-likeness (QED) is 0.836. The van der Waals surface area contributed by atoms with Crippen LogP contribution in [0.15, 0.2) is 30.5 Å². The number of aliphatic hydroxyl groups is 1. The van der Waals surface area contributed by atoms with E-state index in [1.165, 1.54) is 16.5 Å². The van der Waals surface area contributed by atoms with Crippen LogP contribution in [0.3, 0.4) is 0 Å². The minimum atomic E-state index is -0.282. The van der Waals surface area contributed by atoms with Gasteiger partial charge in [0.05, 0.1) is 11.6 Å².